The van der Waals surface area contributed by atoms with Crippen molar-refractivity contribution in [1.29, 1.82) is 0 Å². The van der Waals surface area contributed by atoms with Gasteiger partial charge in [-0.2, -0.15) is 0 Å². The second-order valence-electron chi connectivity index (χ2n) is 10.3. The minimum atomic E-state index is -0.403. The SMILES string of the molecule is C[C@H](NC1=C(Nc2cccc(C(=O)N(C)C)c2O)C(=O)N(C2CCCCC2)C1=O)C(C)(C)C. The third kappa shape index (κ3) is 4.99. The van der Waals surface area contributed by atoms with Crippen LogP contribution in [0.15, 0.2) is 29.6 Å². The van der Waals surface area contributed by atoms with Gasteiger partial charge in [0.15, 0.2) is 5.75 Å². The summed E-state index contributed by atoms with van der Waals surface area (Å²) < 4.78 is 0. The molecule has 3 N–H and O–H groups in total. The molecule has 2 aliphatic rings. The Kier molecular flexibility index (Phi) is 7.05. The number of nitrogens with one attached hydrogen (secondary N) is 2. The molecule has 3 rings (SSSR count). The predicted molar refractivity (Wildman–Crippen MR) is 128 cm³/mol. The van der Waals surface area contributed by atoms with Crippen molar-refractivity contribution in [3.63, 3.8) is 0 Å². The fourth-order valence-corrected chi connectivity index (χ4v) is 4.09. The highest BCUT2D eigenvalue weighted by Gasteiger charge is 2.44. The maximum absolute atomic E-state index is 13.5. The Morgan fingerprint density at radius 1 is 1.09 bits per heavy atom. The van der Waals surface area contributed by atoms with Crippen LogP contribution in [0.4, 0.5) is 5.69 Å². The van der Waals surface area contributed by atoms with Crippen LogP contribution in [-0.4, -0.2) is 58.8 Å². The van der Waals surface area contributed by atoms with Crippen LogP contribution in [0, 0.1) is 5.41 Å². The van der Waals surface area contributed by atoms with Crippen molar-refractivity contribution in [2.24, 2.45) is 5.41 Å². The van der Waals surface area contributed by atoms with Gasteiger partial charge in [-0.1, -0.05) is 46.1 Å². The van der Waals surface area contributed by atoms with Gasteiger partial charge in [0.05, 0.1) is 11.3 Å². The van der Waals surface area contributed by atoms with E-state index in [0.29, 0.717) is 0 Å². The number of anilines is 1. The molecule has 1 atom stereocenters. The Labute approximate surface area is 196 Å². The molecule has 1 aromatic carbocycles. The summed E-state index contributed by atoms with van der Waals surface area (Å²) >= 11 is 0. The third-order valence-corrected chi connectivity index (χ3v) is 6.65. The highest BCUT2D eigenvalue weighted by atomic mass is 16.3. The molecule has 1 aliphatic carbocycles. The fourth-order valence-electron chi connectivity index (χ4n) is 4.09. The molecule has 33 heavy (non-hydrogen) atoms. The molecule has 1 heterocycles. The zero-order valence-electron chi connectivity index (χ0n) is 20.5. The average molecular weight is 457 g/mol. The van der Waals surface area contributed by atoms with Crippen LogP contribution >= 0.6 is 0 Å². The number of para-hydroxylation sites is 1. The van der Waals surface area contributed by atoms with Gasteiger partial charge < -0.3 is 20.6 Å². The number of hydrogen-bond acceptors (Lipinski definition) is 6. The van der Waals surface area contributed by atoms with Gasteiger partial charge in [-0.25, -0.2) is 0 Å². The van der Waals surface area contributed by atoms with Crippen LogP contribution < -0.4 is 10.6 Å². The van der Waals surface area contributed by atoms with Crippen LogP contribution in [0.3, 0.4) is 0 Å². The summed E-state index contributed by atoms with van der Waals surface area (Å²) in [6, 6.07) is 4.51. The summed E-state index contributed by atoms with van der Waals surface area (Å²) in [5, 5.41) is 17.0. The Morgan fingerprint density at radius 3 is 2.27 bits per heavy atom. The molecule has 180 valence electrons. The molecule has 1 saturated carbocycles. The van der Waals surface area contributed by atoms with Gasteiger partial charge in [-0.3, -0.25) is 19.3 Å². The van der Waals surface area contributed by atoms with E-state index >= 15 is 0 Å². The Bertz CT molecular complexity index is 971. The van der Waals surface area contributed by atoms with Crippen LogP contribution in [0.5, 0.6) is 5.75 Å². The molecule has 8 heteroatoms. The Balaban J connectivity index is 2.01. The molecule has 1 aliphatic heterocycles. The van der Waals surface area contributed by atoms with Crippen molar-refractivity contribution in [2.75, 3.05) is 19.4 Å². The number of carbonyl (C=O) groups excluding carboxylic acids is 3. The number of hydrogen-bond donors (Lipinski definition) is 3. The lowest BCUT2D eigenvalue weighted by Gasteiger charge is -2.31. The van der Waals surface area contributed by atoms with Crippen molar-refractivity contribution in [2.45, 2.75) is 71.9 Å². The number of nitrogens with zero attached hydrogens (tertiary/aromatic N) is 2. The summed E-state index contributed by atoms with van der Waals surface area (Å²) in [4.78, 5) is 42.1. The van der Waals surface area contributed by atoms with Crippen LogP contribution in [-0.2, 0) is 9.59 Å². The minimum Gasteiger partial charge on any atom is -0.505 e. The molecule has 1 aromatic rings. The van der Waals surface area contributed by atoms with Crippen molar-refractivity contribution in [3.05, 3.63) is 35.2 Å². The van der Waals surface area contributed by atoms with Crippen molar-refractivity contribution >= 4 is 23.4 Å². The number of rotatable bonds is 6. The van der Waals surface area contributed by atoms with E-state index in [1.54, 1.807) is 26.2 Å². The third-order valence-electron chi connectivity index (χ3n) is 6.65. The largest absolute Gasteiger partial charge is 0.505 e. The van der Waals surface area contributed by atoms with Crippen molar-refractivity contribution < 1.29 is 19.5 Å². The molecule has 3 amide bonds. The van der Waals surface area contributed by atoms with Crippen LogP contribution in [0.1, 0.15) is 70.2 Å². The van der Waals surface area contributed by atoms with E-state index in [1.165, 1.54) is 15.9 Å². The van der Waals surface area contributed by atoms with Gasteiger partial charge in [-0.15, -0.1) is 0 Å². The molecule has 1 fully saturated rings. The van der Waals surface area contributed by atoms with E-state index in [1.807, 2.05) is 6.92 Å². The number of benzene rings is 1. The number of carbonyl (C=O) groups is 3. The maximum Gasteiger partial charge on any atom is 0.279 e. The lowest BCUT2D eigenvalue weighted by Crippen LogP contribution is -2.45. The number of amides is 3. The summed E-state index contributed by atoms with van der Waals surface area (Å²) in [5.41, 5.74) is 0.471. The topological polar surface area (TPSA) is 102 Å². The van der Waals surface area contributed by atoms with E-state index < -0.39 is 5.91 Å². The fraction of sp³-hybridized carbons (Fsp3) is 0.560. The van der Waals surface area contributed by atoms with Gasteiger partial charge in [0.25, 0.3) is 17.7 Å². The van der Waals surface area contributed by atoms with E-state index in [-0.39, 0.29) is 57.7 Å². The van der Waals surface area contributed by atoms with Gasteiger partial charge in [0.1, 0.15) is 11.4 Å². The van der Waals surface area contributed by atoms with Gasteiger partial charge >= 0.3 is 0 Å². The second kappa shape index (κ2) is 9.45. The van der Waals surface area contributed by atoms with E-state index in [9.17, 15) is 19.5 Å². The van der Waals surface area contributed by atoms with Crippen LogP contribution in [0.25, 0.3) is 0 Å². The van der Waals surface area contributed by atoms with Gasteiger partial charge in [-0.05, 0) is 37.3 Å². The molecule has 0 aromatic heterocycles. The first-order valence-electron chi connectivity index (χ1n) is 11.6. The van der Waals surface area contributed by atoms with Crippen molar-refractivity contribution in [1.82, 2.24) is 15.1 Å². The molecule has 0 bridgehead atoms. The normalized spacial score (nSPS) is 18.5. The highest BCUT2D eigenvalue weighted by molar-refractivity contribution is 6.20. The first-order valence-corrected chi connectivity index (χ1v) is 11.6. The highest BCUT2D eigenvalue weighted by Crippen LogP contribution is 2.34. The Hall–Kier alpha value is -3.03. The first kappa shape index (κ1) is 24.6. The quantitative estimate of drug-likeness (QED) is 0.448. The van der Waals surface area contributed by atoms with E-state index in [4.69, 9.17) is 0 Å². The predicted octanol–water partition coefficient (Wildman–Crippen LogP) is 3.44. The lowest BCUT2D eigenvalue weighted by atomic mass is 9.88. The Morgan fingerprint density at radius 2 is 1.70 bits per heavy atom. The van der Waals surface area contributed by atoms with Gasteiger partial charge in [0.2, 0.25) is 0 Å². The summed E-state index contributed by atoms with van der Waals surface area (Å²) in [5.74, 6) is -1.37. The maximum atomic E-state index is 13.5. The second-order valence-corrected chi connectivity index (χ2v) is 10.3. The number of imide groups is 1. The smallest absolute Gasteiger partial charge is 0.279 e. The molecule has 0 unspecified atom stereocenters. The molecular weight excluding hydrogens is 420 g/mol. The molecule has 0 spiro atoms. The summed E-state index contributed by atoms with van der Waals surface area (Å²) in [6.45, 7) is 8.14. The monoisotopic (exact) mass is 456 g/mol. The van der Waals surface area contributed by atoms with Crippen LogP contribution in [0.2, 0.25) is 0 Å². The van der Waals surface area contributed by atoms with E-state index in [2.05, 4.69) is 31.4 Å². The average Bonchev–Trinajstić information content (AvgIpc) is 2.98. The molecule has 8 nitrogen and oxygen atoms in total. The van der Waals surface area contributed by atoms with E-state index in [0.717, 1.165) is 32.1 Å². The zero-order chi connectivity index (χ0) is 24.5. The first-order chi connectivity index (χ1) is 15.4. The number of aromatic hydroxyl groups is 1. The number of phenolic OH excluding ortho intramolecular Hbond substituents is 1. The van der Waals surface area contributed by atoms with Crippen molar-refractivity contribution in [3.8, 4) is 5.75 Å². The molecule has 0 radical (unpaired) electrons. The standard InChI is InChI=1S/C25H36N4O4/c1-15(25(2,3)4)26-19-20(24(33)29(23(19)32)16-11-8-7-9-12-16)27-18-14-10-13-17(21(18)30)22(31)28(5)6/h10,13-16,26-27,30H,7-9,11-12H2,1-6H3/t15-/m0/s1. The minimum absolute atomic E-state index is 0.0948. The summed E-state index contributed by atoms with van der Waals surface area (Å²) in [6.07, 6.45) is 4.68. The molecule has 0 saturated heterocycles. The number of phenols is 1. The lowest BCUT2D eigenvalue weighted by molar-refractivity contribution is -0.141. The van der Waals surface area contributed by atoms with Gasteiger partial charge in [0, 0.05) is 26.2 Å². The zero-order valence-corrected chi connectivity index (χ0v) is 20.5. The molecular formula is C25H36N4O4. The summed E-state index contributed by atoms with van der Waals surface area (Å²) in [7, 11) is 3.20.